The summed E-state index contributed by atoms with van der Waals surface area (Å²) < 4.78 is 10.3. The highest BCUT2D eigenvalue weighted by Gasteiger charge is 2.35. The average Bonchev–Trinajstić information content (AvgIpc) is 3.05. The molecule has 24 heavy (non-hydrogen) atoms. The van der Waals surface area contributed by atoms with E-state index in [9.17, 15) is 9.59 Å². The van der Waals surface area contributed by atoms with E-state index < -0.39 is 12.1 Å². The zero-order valence-corrected chi connectivity index (χ0v) is 14.2. The zero-order chi connectivity index (χ0) is 17.4. The molecular formula is C18H20N2O4. The van der Waals surface area contributed by atoms with Gasteiger partial charge >= 0.3 is 5.97 Å². The molecule has 0 aliphatic carbocycles. The molecule has 6 heteroatoms. The molecule has 0 saturated carbocycles. The smallest absolute Gasteiger partial charge is 0.344 e. The summed E-state index contributed by atoms with van der Waals surface area (Å²) in [5, 5.41) is 3.74. The topological polar surface area (TPSA) is 72.6 Å². The molecule has 1 amide bonds. The van der Waals surface area contributed by atoms with E-state index in [0.717, 1.165) is 17.7 Å². The molecule has 2 aromatic rings. The third-order valence-electron chi connectivity index (χ3n) is 4.31. The van der Waals surface area contributed by atoms with Gasteiger partial charge in [-0.2, -0.15) is 0 Å². The average molecular weight is 328 g/mol. The Hall–Kier alpha value is -2.63. The zero-order valence-electron chi connectivity index (χ0n) is 14.2. The molecule has 126 valence electrons. The number of rotatable bonds is 3. The maximum absolute atomic E-state index is 12.8. The lowest BCUT2D eigenvalue weighted by molar-refractivity contribution is -0.126. The fourth-order valence-corrected chi connectivity index (χ4v) is 3.14. The standard InChI is InChI=1S/C18H20N2O4/c1-10-9-14-7-5-6-8-15(14)20(10)17(21)13(4)23-18(22)16-11(2)19-24-12(16)3/h5-8,10,13H,9H2,1-4H3/t10-,13+/m1/s1. The van der Waals surface area contributed by atoms with E-state index in [1.165, 1.54) is 0 Å². The van der Waals surface area contributed by atoms with Gasteiger partial charge < -0.3 is 14.2 Å². The summed E-state index contributed by atoms with van der Waals surface area (Å²) in [7, 11) is 0. The van der Waals surface area contributed by atoms with Crippen molar-refractivity contribution in [1.29, 1.82) is 0 Å². The first-order valence-corrected chi connectivity index (χ1v) is 7.95. The van der Waals surface area contributed by atoms with Gasteiger partial charge in [0, 0.05) is 11.7 Å². The van der Waals surface area contributed by atoms with Crippen LogP contribution >= 0.6 is 0 Å². The number of aromatic nitrogens is 1. The fourth-order valence-electron chi connectivity index (χ4n) is 3.14. The second-order valence-corrected chi connectivity index (χ2v) is 6.14. The van der Waals surface area contributed by atoms with Crippen molar-refractivity contribution in [3.05, 3.63) is 46.8 Å². The second kappa shape index (κ2) is 6.11. The molecule has 1 aliphatic rings. The molecule has 0 fully saturated rings. The monoisotopic (exact) mass is 328 g/mol. The third kappa shape index (κ3) is 2.68. The van der Waals surface area contributed by atoms with Crippen molar-refractivity contribution in [3.63, 3.8) is 0 Å². The van der Waals surface area contributed by atoms with Crippen molar-refractivity contribution >= 4 is 17.6 Å². The Labute approximate surface area is 140 Å². The van der Waals surface area contributed by atoms with Crippen molar-refractivity contribution in [2.24, 2.45) is 0 Å². The van der Waals surface area contributed by atoms with E-state index in [1.807, 2.05) is 31.2 Å². The Morgan fingerprint density at radius 3 is 2.71 bits per heavy atom. The lowest BCUT2D eigenvalue weighted by Crippen LogP contribution is -2.43. The number of carbonyl (C=O) groups is 2. The Balaban J connectivity index is 1.77. The lowest BCUT2D eigenvalue weighted by Gasteiger charge is -2.25. The van der Waals surface area contributed by atoms with Crippen molar-refractivity contribution < 1.29 is 18.8 Å². The number of anilines is 1. The third-order valence-corrected chi connectivity index (χ3v) is 4.31. The Morgan fingerprint density at radius 1 is 1.33 bits per heavy atom. The van der Waals surface area contributed by atoms with Crippen LogP contribution in [-0.2, 0) is 16.0 Å². The molecule has 0 N–H and O–H groups in total. The van der Waals surface area contributed by atoms with Crippen LogP contribution in [0, 0.1) is 13.8 Å². The van der Waals surface area contributed by atoms with Gasteiger partial charge in [-0.3, -0.25) is 4.79 Å². The van der Waals surface area contributed by atoms with Gasteiger partial charge in [-0.25, -0.2) is 4.79 Å². The van der Waals surface area contributed by atoms with Crippen LogP contribution in [0.4, 0.5) is 5.69 Å². The molecule has 2 heterocycles. The Morgan fingerprint density at radius 2 is 2.04 bits per heavy atom. The number of fused-ring (bicyclic) bond motifs is 1. The van der Waals surface area contributed by atoms with Gasteiger partial charge in [-0.1, -0.05) is 23.4 Å². The predicted molar refractivity (Wildman–Crippen MR) is 87.9 cm³/mol. The fraction of sp³-hybridized carbons (Fsp3) is 0.389. The number of carbonyl (C=O) groups excluding carboxylic acids is 2. The van der Waals surface area contributed by atoms with Crippen LogP contribution in [0.1, 0.15) is 41.2 Å². The lowest BCUT2D eigenvalue weighted by atomic mass is 10.1. The van der Waals surface area contributed by atoms with E-state index in [1.54, 1.807) is 25.7 Å². The Bertz CT molecular complexity index is 777. The van der Waals surface area contributed by atoms with Crippen molar-refractivity contribution in [2.45, 2.75) is 46.3 Å². The quantitative estimate of drug-likeness (QED) is 0.810. The Kier molecular flexibility index (Phi) is 4.13. The summed E-state index contributed by atoms with van der Waals surface area (Å²) in [6, 6.07) is 7.83. The van der Waals surface area contributed by atoms with Crippen LogP contribution in [0.25, 0.3) is 0 Å². The number of esters is 1. The van der Waals surface area contributed by atoms with Crippen molar-refractivity contribution in [3.8, 4) is 0 Å². The number of hydrogen-bond acceptors (Lipinski definition) is 5. The van der Waals surface area contributed by atoms with Crippen LogP contribution in [0.15, 0.2) is 28.8 Å². The molecular weight excluding hydrogens is 308 g/mol. The van der Waals surface area contributed by atoms with Gasteiger partial charge in [0.1, 0.15) is 11.3 Å². The van der Waals surface area contributed by atoms with E-state index in [0.29, 0.717) is 11.5 Å². The van der Waals surface area contributed by atoms with Gasteiger partial charge in [0.25, 0.3) is 5.91 Å². The highest BCUT2D eigenvalue weighted by atomic mass is 16.5. The minimum atomic E-state index is -0.889. The maximum atomic E-state index is 12.8. The van der Waals surface area contributed by atoms with Crippen LogP contribution < -0.4 is 4.90 Å². The highest BCUT2D eigenvalue weighted by molar-refractivity contribution is 6.01. The number of amides is 1. The van der Waals surface area contributed by atoms with E-state index in [-0.39, 0.29) is 17.5 Å². The molecule has 3 rings (SSSR count). The first-order valence-electron chi connectivity index (χ1n) is 7.95. The van der Waals surface area contributed by atoms with Crippen molar-refractivity contribution in [2.75, 3.05) is 4.90 Å². The van der Waals surface area contributed by atoms with E-state index in [4.69, 9.17) is 9.26 Å². The number of ether oxygens (including phenoxy) is 1. The number of hydrogen-bond donors (Lipinski definition) is 0. The minimum Gasteiger partial charge on any atom is -0.449 e. The molecule has 0 radical (unpaired) electrons. The van der Waals surface area contributed by atoms with E-state index >= 15 is 0 Å². The van der Waals surface area contributed by atoms with Crippen LogP contribution in [0.3, 0.4) is 0 Å². The molecule has 1 aromatic carbocycles. The molecule has 2 atom stereocenters. The van der Waals surface area contributed by atoms with Gasteiger partial charge in [-0.05, 0) is 45.7 Å². The largest absolute Gasteiger partial charge is 0.449 e. The summed E-state index contributed by atoms with van der Waals surface area (Å²) in [4.78, 5) is 26.8. The first-order chi connectivity index (χ1) is 11.4. The number of aryl methyl sites for hydroxylation is 2. The molecule has 0 spiro atoms. The first kappa shape index (κ1) is 16.2. The van der Waals surface area contributed by atoms with Gasteiger partial charge in [0.15, 0.2) is 6.10 Å². The molecule has 1 aliphatic heterocycles. The molecule has 0 unspecified atom stereocenters. The summed E-state index contributed by atoms with van der Waals surface area (Å²) in [6.45, 7) is 6.88. The maximum Gasteiger partial charge on any atom is 0.344 e. The number of benzene rings is 1. The predicted octanol–water partition coefficient (Wildman–Crippen LogP) is 2.81. The normalized spacial score (nSPS) is 17.5. The van der Waals surface area contributed by atoms with Gasteiger partial charge in [0.05, 0.1) is 5.69 Å². The highest BCUT2D eigenvalue weighted by Crippen LogP contribution is 2.32. The summed E-state index contributed by atoms with van der Waals surface area (Å²) >= 11 is 0. The number of nitrogens with zero attached hydrogens (tertiary/aromatic N) is 2. The SMILES string of the molecule is Cc1noc(C)c1C(=O)O[C@@H](C)C(=O)N1c2ccccc2C[C@H]1C. The summed E-state index contributed by atoms with van der Waals surface area (Å²) in [5.74, 6) is -0.433. The molecule has 1 aromatic heterocycles. The summed E-state index contributed by atoms with van der Waals surface area (Å²) in [5.41, 5.74) is 2.75. The van der Waals surface area contributed by atoms with Crippen molar-refractivity contribution in [1.82, 2.24) is 5.16 Å². The second-order valence-electron chi connectivity index (χ2n) is 6.14. The van der Waals surface area contributed by atoms with Gasteiger partial charge in [-0.15, -0.1) is 0 Å². The molecule has 0 bridgehead atoms. The molecule has 0 saturated heterocycles. The van der Waals surface area contributed by atoms with E-state index in [2.05, 4.69) is 5.16 Å². The van der Waals surface area contributed by atoms with Gasteiger partial charge in [0.2, 0.25) is 0 Å². The van der Waals surface area contributed by atoms with Crippen LogP contribution in [0.2, 0.25) is 0 Å². The number of para-hydroxylation sites is 1. The summed E-state index contributed by atoms with van der Waals surface area (Å²) in [6.07, 6.45) is -0.0910. The molecule has 6 nitrogen and oxygen atoms in total. The minimum absolute atomic E-state index is 0.0371. The van der Waals surface area contributed by atoms with Crippen LogP contribution in [0.5, 0.6) is 0 Å². The van der Waals surface area contributed by atoms with Crippen LogP contribution in [-0.4, -0.2) is 29.2 Å².